The molecule has 5 nitrogen and oxygen atoms in total. The number of fused-ring (bicyclic) bond motifs is 1. The third-order valence-corrected chi connectivity index (χ3v) is 4.13. The molecule has 1 aromatic carbocycles. The molecule has 3 rings (SSSR count). The molecule has 2 heterocycles. The van der Waals surface area contributed by atoms with Crippen molar-refractivity contribution >= 4 is 51.6 Å². The summed E-state index contributed by atoms with van der Waals surface area (Å²) in [5, 5.41) is 8.66. The Bertz CT molecular complexity index is 762. The van der Waals surface area contributed by atoms with Gasteiger partial charge in [0.2, 0.25) is 0 Å². The van der Waals surface area contributed by atoms with Gasteiger partial charge in [0, 0.05) is 25.4 Å². The van der Waals surface area contributed by atoms with Crippen LogP contribution in [0.15, 0.2) is 21.0 Å². The first-order valence-corrected chi connectivity index (χ1v) is 7.38. The van der Waals surface area contributed by atoms with E-state index in [4.69, 9.17) is 23.2 Å². The van der Waals surface area contributed by atoms with Crippen LogP contribution in [0.2, 0.25) is 10.0 Å². The topological polar surface area (TPSA) is 54.6 Å². The lowest BCUT2D eigenvalue weighted by molar-refractivity contribution is 0.756. The minimum atomic E-state index is 0.516. The summed E-state index contributed by atoms with van der Waals surface area (Å²) in [7, 11) is 1.90. The second-order valence-electron chi connectivity index (χ2n) is 4.44. The van der Waals surface area contributed by atoms with Crippen LogP contribution in [0.5, 0.6) is 0 Å². The van der Waals surface area contributed by atoms with Gasteiger partial charge < -0.3 is 5.32 Å². The molecule has 1 aromatic heterocycles. The molecule has 1 aliphatic rings. The van der Waals surface area contributed by atoms with Gasteiger partial charge in [0.25, 0.3) is 0 Å². The van der Waals surface area contributed by atoms with Crippen molar-refractivity contribution in [1.29, 1.82) is 0 Å². The van der Waals surface area contributed by atoms with Crippen molar-refractivity contribution < 1.29 is 0 Å². The van der Waals surface area contributed by atoms with Crippen molar-refractivity contribution in [2.75, 3.05) is 5.32 Å². The number of halogens is 2. The summed E-state index contributed by atoms with van der Waals surface area (Å²) >= 11 is 13.5. The maximum absolute atomic E-state index is 6.25. The zero-order valence-electron chi connectivity index (χ0n) is 10.8. The monoisotopic (exact) mass is 327 g/mol. The van der Waals surface area contributed by atoms with Crippen LogP contribution in [0.3, 0.4) is 0 Å². The Balaban J connectivity index is 1.91. The molecule has 1 N–H and O–H groups in total. The summed E-state index contributed by atoms with van der Waals surface area (Å²) in [6, 6.07) is 1.69. The molecule has 0 radical (unpaired) electrons. The molecule has 104 valence electrons. The van der Waals surface area contributed by atoms with E-state index in [0.29, 0.717) is 28.0 Å². The van der Waals surface area contributed by atoms with Gasteiger partial charge in [0.1, 0.15) is 11.4 Å². The molecule has 0 saturated carbocycles. The van der Waals surface area contributed by atoms with E-state index in [2.05, 4.69) is 19.1 Å². The Morgan fingerprint density at radius 2 is 2.00 bits per heavy atom. The van der Waals surface area contributed by atoms with Crippen LogP contribution in [0.1, 0.15) is 11.3 Å². The molecule has 0 unspecified atom stereocenters. The fraction of sp³-hybridized carbons (Fsp3) is 0.250. The third kappa shape index (κ3) is 2.34. The number of nitrogens with one attached hydrogen (secondary N) is 1. The van der Waals surface area contributed by atoms with Crippen LogP contribution in [0.25, 0.3) is 0 Å². The largest absolute Gasteiger partial charge is 0.378 e. The van der Waals surface area contributed by atoms with E-state index in [1.54, 1.807) is 10.7 Å². The van der Waals surface area contributed by atoms with Gasteiger partial charge >= 0.3 is 0 Å². The molecule has 0 spiro atoms. The van der Waals surface area contributed by atoms with Gasteiger partial charge in [-0.15, -0.1) is 0 Å². The van der Waals surface area contributed by atoms with E-state index < -0.39 is 0 Å². The Labute approximate surface area is 129 Å². The van der Waals surface area contributed by atoms with Crippen LogP contribution in [-0.4, -0.2) is 9.78 Å². The van der Waals surface area contributed by atoms with Crippen LogP contribution >= 0.6 is 23.2 Å². The molecule has 0 aliphatic carbocycles. The first-order valence-electron chi connectivity index (χ1n) is 5.89. The maximum atomic E-state index is 6.25. The molecule has 8 heteroatoms. The molecule has 0 atom stereocenters. The number of benzene rings is 1. The van der Waals surface area contributed by atoms with Crippen LogP contribution < -0.4 is 5.32 Å². The summed E-state index contributed by atoms with van der Waals surface area (Å²) in [6.07, 6.45) is 1.97. The summed E-state index contributed by atoms with van der Waals surface area (Å²) in [6.45, 7) is 2.59. The van der Waals surface area contributed by atoms with E-state index in [-0.39, 0.29) is 0 Å². The van der Waals surface area contributed by atoms with E-state index >= 15 is 0 Å². The van der Waals surface area contributed by atoms with Crippen molar-refractivity contribution in [3.05, 3.63) is 33.6 Å². The van der Waals surface area contributed by atoms with Gasteiger partial charge in [-0.25, -0.2) is 0 Å². The molecule has 1 aliphatic heterocycles. The van der Waals surface area contributed by atoms with Crippen molar-refractivity contribution in [3.63, 3.8) is 0 Å². The van der Waals surface area contributed by atoms with Gasteiger partial charge in [0.15, 0.2) is 0 Å². The number of aromatic nitrogens is 2. The number of hydrogen-bond donors (Lipinski definition) is 1. The number of aryl methyl sites for hydroxylation is 2. The highest BCUT2D eigenvalue weighted by atomic mass is 35.5. The first kappa shape index (κ1) is 13.6. The average Bonchev–Trinajstić information content (AvgIpc) is 2.96. The van der Waals surface area contributed by atoms with Crippen LogP contribution in [-0.2, 0) is 24.9 Å². The lowest BCUT2D eigenvalue weighted by Crippen LogP contribution is -2.01. The zero-order chi connectivity index (χ0) is 14.3. The van der Waals surface area contributed by atoms with Gasteiger partial charge in [0.05, 0.1) is 32.8 Å². The Kier molecular flexibility index (Phi) is 3.54. The molecular formula is C12H11Cl2N5S. The second-order valence-corrected chi connectivity index (χ2v) is 5.79. The summed E-state index contributed by atoms with van der Waals surface area (Å²) in [5.74, 6) is 0. The van der Waals surface area contributed by atoms with Gasteiger partial charge in [-0.3, -0.25) is 4.68 Å². The van der Waals surface area contributed by atoms with Gasteiger partial charge in [-0.2, -0.15) is 13.8 Å². The van der Waals surface area contributed by atoms with Crippen molar-refractivity contribution in [3.8, 4) is 0 Å². The number of anilines is 1. The van der Waals surface area contributed by atoms with Crippen molar-refractivity contribution in [1.82, 2.24) is 9.78 Å². The smallest absolute Gasteiger partial charge is 0.130 e. The zero-order valence-corrected chi connectivity index (χ0v) is 13.1. The number of rotatable bonds is 3. The third-order valence-electron chi connectivity index (χ3n) is 3.01. The highest BCUT2D eigenvalue weighted by molar-refractivity contribution is 7.58. The van der Waals surface area contributed by atoms with Crippen LogP contribution in [0.4, 0.5) is 17.1 Å². The fourth-order valence-corrected chi connectivity index (χ4v) is 3.23. The normalized spacial score (nSPS) is 12.4. The summed E-state index contributed by atoms with van der Waals surface area (Å²) in [4.78, 5) is 0. The predicted octanol–water partition coefficient (Wildman–Crippen LogP) is 4.37. The lowest BCUT2D eigenvalue weighted by Gasteiger charge is -2.11. The van der Waals surface area contributed by atoms with Gasteiger partial charge in [-0.1, -0.05) is 23.2 Å². The molecule has 0 amide bonds. The first-order chi connectivity index (χ1) is 9.56. The van der Waals surface area contributed by atoms with E-state index in [9.17, 15) is 0 Å². The Morgan fingerprint density at radius 1 is 1.25 bits per heavy atom. The van der Waals surface area contributed by atoms with E-state index in [1.807, 2.05) is 20.2 Å². The molecule has 0 bridgehead atoms. The standard InChI is InChI=1S/C12H11Cl2N5S/c1-6-7(5-19(2)16-6)4-15-10-8(13)3-9(14)11-12(10)18-20-17-11/h3,5,15H,4H2,1-2H3. The average molecular weight is 328 g/mol. The van der Waals surface area contributed by atoms with Crippen LogP contribution in [0, 0.1) is 6.92 Å². The number of nitrogens with zero attached hydrogens (tertiary/aromatic N) is 4. The molecule has 0 fully saturated rings. The SMILES string of the molecule is Cc1nn(C)cc1CNc1c(Cl)cc(Cl)c2c1N=S=N2. The molecule has 0 saturated heterocycles. The Morgan fingerprint density at radius 3 is 2.70 bits per heavy atom. The minimum absolute atomic E-state index is 0.516. The second kappa shape index (κ2) is 5.20. The quantitative estimate of drug-likeness (QED) is 0.776. The Hall–Kier alpha value is -1.37. The predicted molar refractivity (Wildman–Crippen MR) is 83.3 cm³/mol. The van der Waals surface area contributed by atoms with E-state index in [0.717, 1.165) is 28.3 Å². The molecule has 20 heavy (non-hydrogen) atoms. The molecular weight excluding hydrogens is 317 g/mol. The number of hydrogen-bond acceptors (Lipinski definition) is 4. The summed E-state index contributed by atoms with van der Waals surface area (Å²) in [5.41, 5.74) is 4.22. The summed E-state index contributed by atoms with van der Waals surface area (Å²) < 4.78 is 10.2. The van der Waals surface area contributed by atoms with E-state index in [1.165, 1.54) is 0 Å². The lowest BCUT2D eigenvalue weighted by atomic mass is 10.2. The highest BCUT2D eigenvalue weighted by Gasteiger charge is 2.18. The van der Waals surface area contributed by atoms with Crippen molar-refractivity contribution in [2.24, 2.45) is 15.8 Å². The fourth-order valence-electron chi connectivity index (χ4n) is 2.05. The van der Waals surface area contributed by atoms with Crippen molar-refractivity contribution in [2.45, 2.75) is 13.5 Å². The van der Waals surface area contributed by atoms with Gasteiger partial charge in [-0.05, 0) is 13.0 Å². The minimum Gasteiger partial charge on any atom is -0.378 e. The maximum Gasteiger partial charge on any atom is 0.130 e. The highest BCUT2D eigenvalue weighted by Crippen LogP contribution is 2.47. The molecule has 2 aromatic rings.